The lowest BCUT2D eigenvalue weighted by atomic mass is 10.2. The highest BCUT2D eigenvalue weighted by Crippen LogP contribution is 2.43. The molecule has 0 bridgehead atoms. The summed E-state index contributed by atoms with van der Waals surface area (Å²) in [6.45, 7) is 6.41. The predicted molar refractivity (Wildman–Crippen MR) is 163 cm³/mol. The number of ether oxygens (including phenoxy) is 2. The number of para-hydroxylation sites is 1. The molecule has 0 amide bonds. The van der Waals surface area contributed by atoms with Crippen molar-refractivity contribution in [2.75, 3.05) is 6.61 Å². The minimum absolute atomic E-state index is 0.00424. The van der Waals surface area contributed by atoms with E-state index in [2.05, 4.69) is 43.9 Å². The molecule has 0 radical (unpaired) electrons. The van der Waals surface area contributed by atoms with Crippen LogP contribution in [0.5, 0.6) is 11.5 Å². The highest BCUT2D eigenvalue weighted by Gasteiger charge is 2.20. The largest absolute Gasteiger partial charge is 0.490 e. The van der Waals surface area contributed by atoms with E-state index in [0.717, 1.165) is 11.8 Å². The van der Waals surface area contributed by atoms with Crippen LogP contribution in [0.3, 0.4) is 0 Å². The molecule has 0 aliphatic carbocycles. The molecule has 2 heterocycles. The molecule has 5 aromatic rings. The summed E-state index contributed by atoms with van der Waals surface area (Å²) < 4.78 is 20.7. The first-order chi connectivity index (χ1) is 18.8. The fourth-order valence-electron chi connectivity index (χ4n) is 3.99. The third-order valence-electron chi connectivity index (χ3n) is 6.11. The molecule has 0 unspecified atom stereocenters. The Bertz CT molecular complexity index is 1780. The van der Waals surface area contributed by atoms with E-state index in [1.54, 1.807) is 48.7 Å². The van der Waals surface area contributed by atoms with Crippen LogP contribution in [0.2, 0.25) is 5.02 Å². The van der Waals surface area contributed by atoms with Gasteiger partial charge in [0.15, 0.2) is 17.3 Å². The summed E-state index contributed by atoms with van der Waals surface area (Å²) in [5, 5.41) is 6.39. The molecule has 0 aliphatic rings. The zero-order chi connectivity index (χ0) is 27.7. The Labute approximate surface area is 246 Å². The quantitative estimate of drug-likeness (QED) is 0.155. The van der Waals surface area contributed by atoms with Crippen LogP contribution < -0.4 is 15.0 Å². The second kappa shape index (κ2) is 11.5. The van der Waals surface area contributed by atoms with Gasteiger partial charge in [-0.2, -0.15) is 9.78 Å². The number of fused-ring (bicyclic) bond motifs is 2. The Balaban J connectivity index is 1.67. The van der Waals surface area contributed by atoms with Gasteiger partial charge in [-0.15, -0.1) is 0 Å². The minimum Gasteiger partial charge on any atom is -0.490 e. The first kappa shape index (κ1) is 27.4. The molecule has 10 heteroatoms. The van der Waals surface area contributed by atoms with Gasteiger partial charge in [0.2, 0.25) is 5.82 Å². The lowest BCUT2D eigenvalue weighted by molar-refractivity contribution is 0.201. The Morgan fingerprint density at radius 1 is 1.13 bits per heavy atom. The maximum Gasteiger partial charge on any atom is 0.282 e. The topological polar surface area (TPSA) is 78.9 Å². The minimum atomic E-state index is -0.331. The number of aromatic nitrogens is 2. The summed E-state index contributed by atoms with van der Waals surface area (Å²) in [5.74, 6) is 1.81. The fourth-order valence-corrected chi connectivity index (χ4v) is 5.09. The van der Waals surface area contributed by atoms with Crippen LogP contribution >= 0.6 is 43.5 Å². The van der Waals surface area contributed by atoms with E-state index in [9.17, 15) is 4.79 Å². The van der Waals surface area contributed by atoms with Crippen LogP contribution in [-0.2, 0) is 0 Å². The zero-order valence-corrected chi connectivity index (χ0v) is 25.3. The lowest BCUT2D eigenvalue weighted by Crippen LogP contribution is -2.20. The van der Waals surface area contributed by atoms with Gasteiger partial charge in [0.25, 0.3) is 5.56 Å². The van der Waals surface area contributed by atoms with Crippen LogP contribution in [0.15, 0.2) is 77.9 Å². The van der Waals surface area contributed by atoms with Gasteiger partial charge in [-0.3, -0.25) is 4.79 Å². The maximum atomic E-state index is 13.6. The van der Waals surface area contributed by atoms with Gasteiger partial charge in [0, 0.05) is 20.4 Å². The smallest absolute Gasteiger partial charge is 0.282 e. The normalized spacial score (nSPS) is 12.5. The molecule has 0 saturated heterocycles. The molecule has 5 rings (SSSR count). The summed E-state index contributed by atoms with van der Waals surface area (Å²) in [4.78, 5) is 18.4. The number of hydrogen-bond acceptors (Lipinski definition) is 6. The maximum absolute atomic E-state index is 13.6. The third kappa shape index (κ3) is 5.48. The summed E-state index contributed by atoms with van der Waals surface area (Å²) in [6, 6.07) is 16.1. The SMILES string of the molecule is CCOc1cc(C=Nn2c(-c3cc4cc(Cl)ccc4o3)nc3ccccc3c2=O)c(Br)c(Br)c1O[C@H](C)CC. The average molecular weight is 674 g/mol. The number of hydrogen-bond donors (Lipinski definition) is 0. The van der Waals surface area contributed by atoms with Gasteiger partial charge in [-0.1, -0.05) is 30.7 Å². The molecule has 2 aromatic heterocycles. The molecule has 7 nitrogen and oxygen atoms in total. The number of nitrogens with zero attached hydrogens (tertiary/aromatic N) is 3. The monoisotopic (exact) mass is 671 g/mol. The van der Waals surface area contributed by atoms with E-state index in [0.29, 0.717) is 59.9 Å². The van der Waals surface area contributed by atoms with Crippen LogP contribution in [0.25, 0.3) is 33.5 Å². The van der Waals surface area contributed by atoms with Crippen molar-refractivity contribution in [3.63, 3.8) is 0 Å². The summed E-state index contributed by atoms with van der Waals surface area (Å²) in [7, 11) is 0. The summed E-state index contributed by atoms with van der Waals surface area (Å²) >= 11 is 13.5. The van der Waals surface area contributed by atoms with Gasteiger partial charge in [0.05, 0.1) is 34.3 Å². The molecule has 3 aromatic carbocycles. The van der Waals surface area contributed by atoms with Crippen molar-refractivity contribution in [3.8, 4) is 23.1 Å². The molecule has 0 aliphatic heterocycles. The van der Waals surface area contributed by atoms with E-state index in [4.69, 9.17) is 30.5 Å². The van der Waals surface area contributed by atoms with Crippen molar-refractivity contribution < 1.29 is 13.9 Å². The van der Waals surface area contributed by atoms with Crippen LogP contribution in [0, 0.1) is 0 Å². The van der Waals surface area contributed by atoms with E-state index in [1.165, 1.54) is 4.68 Å². The van der Waals surface area contributed by atoms with Gasteiger partial charge >= 0.3 is 0 Å². The van der Waals surface area contributed by atoms with Gasteiger partial charge < -0.3 is 13.9 Å². The molecular formula is C29H24Br2ClN3O4. The Morgan fingerprint density at radius 3 is 2.69 bits per heavy atom. The second-order valence-corrected chi connectivity index (χ2v) is 10.8. The van der Waals surface area contributed by atoms with Crippen molar-refractivity contribution in [1.82, 2.24) is 9.66 Å². The van der Waals surface area contributed by atoms with Crippen molar-refractivity contribution in [3.05, 3.63) is 84.5 Å². The van der Waals surface area contributed by atoms with E-state index in [1.807, 2.05) is 26.0 Å². The van der Waals surface area contributed by atoms with Crippen LogP contribution in [0.4, 0.5) is 0 Å². The Kier molecular flexibility index (Phi) is 8.11. The highest BCUT2D eigenvalue weighted by atomic mass is 79.9. The van der Waals surface area contributed by atoms with Gasteiger partial charge in [-0.05, 0) is 94.6 Å². The number of benzene rings is 3. The first-order valence-corrected chi connectivity index (χ1v) is 14.3. The van der Waals surface area contributed by atoms with Gasteiger partial charge in [-0.25, -0.2) is 4.98 Å². The second-order valence-electron chi connectivity index (χ2n) is 8.80. The fraction of sp³-hybridized carbons (Fsp3) is 0.207. The standard InChI is InChI=1S/C29H24Br2ClN3O4/c1-4-16(3)38-27-23(37-5-2)14-18(25(30)26(27)31)15-33-35-28(34-21-9-7-6-8-20(21)29(35)36)24-13-17-12-19(32)10-11-22(17)39-24/h6-16H,4-5H2,1-3H3/t16-/m1/s1. The van der Waals surface area contributed by atoms with Crippen LogP contribution in [0.1, 0.15) is 32.8 Å². The lowest BCUT2D eigenvalue weighted by Gasteiger charge is -2.19. The number of halogens is 3. The number of rotatable bonds is 8. The van der Waals surface area contributed by atoms with Crippen molar-refractivity contribution in [2.24, 2.45) is 5.10 Å². The van der Waals surface area contributed by atoms with Crippen molar-refractivity contribution >= 4 is 71.5 Å². The van der Waals surface area contributed by atoms with Crippen molar-refractivity contribution in [2.45, 2.75) is 33.3 Å². The molecule has 1 atom stereocenters. The first-order valence-electron chi connectivity index (χ1n) is 12.4. The van der Waals surface area contributed by atoms with Crippen molar-refractivity contribution in [1.29, 1.82) is 0 Å². The molecule has 0 N–H and O–H groups in total. The van der Waals surface area contributed by atoms with Crippen LogP contribution in [-0.4, -0.2) is 28.6 Å². The molecule has 39 heavy (non-hydrogen) atoms. The van der Waals surface area contributed by atoms with E-state index >= 15 is 0 Å². The zero-order valence-electron chi connectivity index (χ0n) is 21.4. The highest BCUT2D eigenvalue weighted by molar-refractivity contribution is 9.13. The Hall–Kier alpha value is -3.14. The van der Waals surface area contributed by atoms with Gasteiger partial charge in [0.1, 0.15) is 5.58 Å². The number of furan rings is 1. The average Bonchev–Trinajstić information content (AvgIpc) is 3.35. The Morgan fingerprint density at radius 2 is 1.92 bits per heavy atom. The van der Waals surface area contributed by atoms with E-state index < -0.39 is 0 Å². The summed E-state index contributed by atoms with van der Waals surface area (Å²) in [5.41, 5.74) is 1.50. The summed E-state index contributed by atoms with van der Waals surface area (Å²) in [6.07, 6.45) is 2.41. The molecular weight excluding hydrogens is 650 g/mol. The molecule has 0 fully saturated rings. The predicted octanol–water partition coefficient (Wildman–Crippen LogP) is 8.45. The molecule has 0 saturated carbocycles. The van der Waals surface area contributed by atoms with E-state index in [-0.39, 0.29) is 17.5 Å². The molecule has 0 spiro atoms. The molecule has 200 valence electrons. The third-order valence-corrected chi connectivity index (χ3v) is 8.49.